The molecule has 0 saturated heterocycles. The Hall–Kier alpha value is -1.38. The van der Waals surface area contributed by atoms with Crippen molar-refractivity contribution in [3.8, 4) is 0 Å². The first-order valence-electron chi connectivity index (χ1n) is 4.09. The van der Waals surface area contributed by atoms with Gasteiger partial charge in [0.05, 0.1) is 11.2 Å². The van der Waals surface area contributed by atoms with Crippen molar-refractivity contribution < 1.29 is 0 Å². The molecule has 0 aliphatic carbocycles. The molecule has 0 bridgehead atoms. The maximum Gasteiger partial charge on any atom is 0.0930 e. The second-order valence-corrected chi connectivity index (χ2v) is 3.16. The summed E-state index contributed by atoms with van der Waals surface area (Å²) < 4.78 is 1.80. The summed E-state index contributed by atoms with van der Waals surface area (Å²) >= 11 is 0. The Kier molecular flexibility index (Phi) is 1.57. The highest BCUT2D eigenvalue weighted by molar-refractivity contribution is 5.51. The topological polar surface area (TPSA) is 30.2 Å². The van der Waals surface area contributed by atoms with Gasteiger partial charge < -0.3 is 0 Å². The molecule has 0 unspecified atom stereocenters. The molecule has 0 N–H and O–H groups in total. The van der Waals surface area contributed by atoms with Crippen LogP contribution in [-0.2, 0) is 0 Å². The fourth-order valence-corrected chi connectivity index (χ4v) is 1.27. The first-order chi connectivity index (χ1) is 5.79. The van der Waals surface area contributed by atoms with Crippen LogP contribution in [0.2, 0.25) is 0 Å². The van der Waals surface area contributed by atoms with Crippen LogP contribution < -0.4 is 0 Å². The first kappa shape index (κ1) is 7.28. The molecule has 2 aromatic rings. The number of aromatic nitrogens is 3. The zero-order valence-corrected chi connectivity index (χ0v) is 7.23. The van der Waals surface area contributed by atoms with Crippen molar-refractivity contribution in [3.63, 3.8) is 0 Å². The van der Waals surface area contributed by atoms with E-state index in [4.69, 9.17) is 0 Å². The third-order valence-corrected chi connectivity index (χ3v) is 1.90. The van der Waals surface area contributed by atoms with Gasteiger partial charge in [-0.25, -0.2) is 4.52 Å². The lowest BCUT2D eigenvalue weighted by Crippen LogP contribution is -1.88. The Bertz CT molecular complexity index is 389. The summed E-state index contributed by atoms with van der Waals surface area (Å²) in [6.45, 7) is 4.24. The van der Waals surface area contributed by atoms with Crippen LogP contribution in [0.1, 0.15) is 25.5 Å². The molecule has 0 amide bonds. The predicted octanol–water partition coefficient (Wildman–Crippen LogP) is 1.85. The highest BCUT2D eigenvalue weighted by atomic mass is 15.4. The van der Waals surface area contributed by atoms with Gasteiger partial charge in [0.1, 0.15) is 0 Å². The molecule has 3 nitrogen and oxygen atoms in total. The molecule has 2 rings (SSSR count). The summed E-state index contributed by atoms with van der Waals surface area (Å²) in [5, 5.41) is 8.11. The fourth-order valence-electron chi connectivity index (χ4n) is 1.27. The van der Waals surface area contributed by atoms with E-state index in [2.05, 4.69) is 24.2 Å². The molecule has 62 valence electrons. The molecule has 12 heavy (non-hydrogen) atoms. The van der Waals surface area contributed by atoms with Crippen molar-refractivity contribution in [2.75, 3.05) is 0 Å². The van der Waals surface area contributed by atoms with E-state index in [1.807, 2.05) is 24.4 Å². The fraction of sp³-hybridized carbons (Fsp3) is 0.333. The summed E-state index contributed by atoms with van der Waals surface area (Å²) in [6.07, 6.45) is 1.91. The molecule has 0 radical (unpaired) electrons. The van der Waals surface area contributed by atoms with Gasteiger partial charge in [0, 0.05) is 6.20 Å². The van der Waals surface area contributed by atoms with E-state index >= 15 is 0 Å². The van der Waals surface area contributed by atoms with Crippen LogP contribution in [0.3, 0.4) is 0 Å². The first-order valence-corrected chi connectivity index (χ1v) is 4.09. The Labute approximate surface area is 71.0 Å². The number of nitrogens with zero attached hydrogens (tertiary/aromatic N) is 3. The Morgan fingerprint density at radius 2 is 2.17 bits per heavy atom. The largest absolute Gasteiger partial charge is 0.220 e. The number of hydrogen-bond donors (Lipinski definition) is 0. The Morgan fingerprint density at radius 3 is 2.92 bits per heavy atom. The van der Waals surface area contributed by atoms with Crippen molar-refractivity contribution >= 4 is 5.52 Å². The quantitative estimate of drug-likeness (QED) is 0.639. The highest BCUT2D eigenvalue weighted by Crippen LogP contribution is 2.16. The molecular formula is C9H11N3. The average Bonchev–Trinajstić information content (AvgIpc) is 2.47. The molecule has 0 saturated carbocycles. The monoisotopic (exact) mass is 161 g/mol. The minimum Gasteiger partial charge on any atom is -0.220 e. The second-order valence-electron chi connectivity index (χ2n) is 3.16. The summed E-state index contributed by atoms with van der Waals surface area (Å²) in [5.74, 6) is 0.435. The van der Waals surface area contributed by atoms with E-state index in [0.717, 1.165) is 11.2 Å². The lowest BCUT2D eigenvalue weighted by atomic mass is 10.1. The summed E-state index contributed by atoms with van der Waals surface area (Å²) in [7, 11) is 0. The van der Waals surface area contributed by atoms with E-state index in [1.54, 1.807) is 4.52 Å². The van der Waals surface area contributed by atoms with Crippen LogP contribution >= 0.6 is 0 Å². The van der Waals surface area contributed by atoms with Crippen molar-refractivity contribution in [2.45, 2.75) is 19.8 Å². The van der Waals surface area contributed by atoms with Crippen LogP contribution in [0.4, 0.5) is 0 Å². The van der Waals surface area contributed by atoms with E-state index in [-0.39, 0.29) is 0 Å². The molecule has 2 aromatic heterocycles. The molecule has 0 aromatic carbocycles. The van der Waals surface area contributed by atoms with Crippen LogP contribution in [-0.4, -0.2) is 14.8 Å². The second kappa shape index (κ2) is 2.59. The van der Waals surface area contributed by atoms with Gasteiger partial charge in [0.25, 0.3) is 0 Å². The van der Waals surface area contributed by atoms with Crippen molar-refractivity contribution in [1.82, 2.24) is 14.8 Å². The van der Waals surface area contributed by atoms with E-state index < -0.39 is 0 Å². The normalized spacial score (nSPS) is 11.2. The third-order valence-electron chi connectivity index (χ3n) is 1.90. The van der Waals surface area contributed by atoms with Gasteiger partial charge in [-0.1, -0.05) is 25.1 Å². The minimum absolute atomic E-state index is 0.435. The van der Waals surface area contributed by atoms with E-state index in [9.17, 15) is 0 Å². The summed E-state index contributed by atoms with van der Waals surface area (Å²) in [6, 6.07) is 5.99. The zero-order valence-electron chi connectivity index (χ0n) is 7.23. The zero-order chi connectivity index (χ0) is 8.55. The molecule has 0 aliphatic rings. The van der Waals surface area contributed by atoms with Crippen molar-refractivity contribution in [2.24, 2.45) is 0 Å². The molecule has 0 aliphatic heterocycles. The van der Waals surface area contributed by atoms with Gasteiger partial charge in [0.2, 0.25) is 0 Å². The summed E-state index contributed by atoms with van der Waals surface area (Å²) in [4.78, 5) is 0. The molecule has 0 spiro atoms. The molecule has 0 fully saturated rings. The number of rotatable bonds is 1. The standard InChI is InChI=1S/C9H11N3/c1-7(2)9-8-5-3-4-6-12(8)11-10-9/h3-7H,1-2H3. The molecule has 3 heteroatoms. The number of pyridine rings is 1. The van der Waals surface area contributed by atoms with Gasteiger partial charge in [-0.15, -0.1) is 5.10 Å². The maximum absolute atomic E-state index is 4.11. The highest BCUT2D eigenvalue weighted by Gasteiger charge is 2.07. The predicted molar refractivity (Wildman–Crippen MR) is 47.1 cm³/mol. The van der Waals surface area contributed by atoms with Crippen LogP contribution in [0.15, 0.2) is 24.4 Å². The lowest BCUT2D eigenvalue weighted by molar-refractivity contribution is 0.791. The molecule has 2 heterocycles. The van der Waals surface area contributed by atoms with Gasteiger partial charge in [0.15, 0.2) is 0 Å². The van der Waals surface area contributed by atoms with E-state index in [1.165, 1.54) is 0 Å². The Morgan fingerprint density at radius 1 is 1.33 bits per heavy atom. The third kappa shape index (κ3) is 0.978. The van der Waals surface area contributed by atoms with Crippen LogP contribution in [0, 0.1) is 0 Å². The average molecular weight is 161 g/mol. The lowest BCUT2D eigenvalue weighted by Gasteiger charge is -1.97. The van der Waals surface area contributed by atoms with Crippen LogP contribution in [0.5, 0.6) is 0 Å². The van der Waals surface area contributed by atoms with Gasteiger partial charge >= 0.3 is 0 Å². The van der Waals surface area contributed by atoms with Gasteiger partial charge in [-0.05, 0) is 18.1 Å². The van der Waals surface area contributed by atoms with Crippen molar-refractivity contribution in [1.29, 1.82) is 0 Å². The number of fused-ring (bicyclic) bond motifs is 1. The van der Waals surface area contributed by atoms with E-state index in [0.29, 0.717) is 5.92 Å². The Balaban J connectivity index is 2.70. The van der Waals surface area contributed by atoms with Gasteiger partial charge in [-0.2, -0.15) is 0 Å². The SMILES string of the molecule is CC(C)c1nnn2ccccc12. The molecule has 0 atom stereocenters. The molecular weight excluding hydrogens is 150 g/mol. The minimum atomic E-state index is 0.435. The smallest absolute Gasteiger partial charge is 0.0930 e. The van der Waals surface area contributed by atoms with Crippen molar-refractivity contribution in [3.05, 3.63) is 30.1 Å². The van der Waals surface area contributed by atoms with Gasteiger partial charge in [-0.3, -0.25) is 0 Å². The maximum atomic E-state index is 4.11. The van der Waals surface area contributed by atoms with Crippen LogP contribution in [0.25, 0.3) is 5.52 Å². The summed E-state index contributed by atoms with van der Waals surface area (Å²) in [5.41, 5.74) is 2.17. The number of hydrogen-bond acceptors (Lipinski definition) is 2.